The molecule has 2 N–H and O–H groups in total. The predicted octanol–water partition coefficient (Wildman–Crippen LogP) is 5.85. The number of pyridine rings is 1. The third-order valence-electron chi connectivity index (χ3n) is 4.56. The number of unbranched alkanes of at least 4 members (excludes halogenated alkanes) is 1. The van der Waals surface area contributed by atoms with Gasteiger partial charge in [-0.3, -0.25) is 14.6 Å². The number of carbonyl (C=O) groups excluding carboxylic acids is 2. The van der Waals surface area contributed by atoms with Crippen molar-refractivity contribution in [3.05, 3.63) is 90.9 Å². The minimum absolute atomic E-state index is 0.00874. The van der Waals surface area contributed by atoms with Gasteiger partial charge in [0.1, 0.15) is 5.69 Å². The molecule has 0 bridgehead atoms. The van der Waals surface area contributed by atoms with Crippen LogP contribution in [-0.2, 0) is 4.79 Å². The first-order chi connectivity index (χ1) is 16.2. The lowest BCUT2D eigenvalue weighted by atomic mass is 10.2. The molecular weight excluding hydrogens is 410 g/mol. The monoisotopic (exact) mass is 449 g/mol. The number of hydrogen-bond acceptors (Lipinski definition) is 3. The Morgan fingerprint density at radius 2 is 1.36 bits per heavy atom. The van der Waals surface area contributed by atoms with Crippen molar-refractivity contribution in [1.29, 1.82) is 0 Å². The Bertz CT molecular complexity index is 793. The fraction of sp³-hybridized carbons (Fsp3) is 0.393. The van der Waals surface area contributed by atoms with E-state index in [0.717, 1.165) is 44.9 Å². The van der Waals surface area contributed by atoms with Gasteiger partial charge in [-0.15, -0.1) is 0 Å². The molecule has 0 atom stereocenters. The highest BCUT2D eigenvalue weighted by molar-refractivity contribution is 5.92. The molecule has 0 radical (unpaired) electrons. The molecule has 1 heterocycles. The highest BCUT2D eigenvalue weighted by atomic mass is 16.2. The zero-order chi connectivity index (χ0) is 23.8. The topological polar surface area (TPSA) is 71.1 Å². The number of allylic oxidation sites excluding steroid dienone is 10. The summed E-state index contributed by atoms with van der Waals surface area (Å²) in [4.78, 5) is 27.6. The summed E-state index contributed by atoms with van der Waals surface area (Å²) in [5, 5.41) is 5.56. The van der Waals surface area contributed by atoms with Gasteiger partial charge in [-0.2, -0.15) is 0 Å². The minimum Gasteiger partial charge on any atom is -0.354 e. The molecule has 178 valence electrons. The van der Waals surface area contributed by atoms with Crippen LogP contribution in [-0.4, -0.2) is 29.9 Å². The molecule has 0 saturated heterocycles. The zero-order valence-electron chi connectivity index (χ0n) is 19.9. The van der Waals surface area contributed by atoms with Crippen LogP contribution < -0.4 is 10.6 Å². The van der Waals surface area contributed by atoms with Crippen molar-refractivity contribution in [2.75, 3.05) is 13.1 Å². The molecule has 0 saturated carbocycles. The van der Waals surface area contributed by atoms with Crippen molar-refractivity contribution < 1.29 is 9.59 Å². The second-order valence-corrected chi connectivity index (χ2v) is 7.42. The first-order valence-corrected chi connectivity index (χ1v) is 11.9. The third-order valence-corrected chi connectivity index (χ3v) is 4.56. The van der Waals surface area contributed by atoms with Crippen molar-refractivity contribution >= 4 is 11.8 Å². The van der Waals surface area contributed by atoms with Gasteiger partial charge in [-0.05, 0) is 57.1 Å². The summed E-state index contributed by atoms with van der Waals surface area (Å²) in [6.07, 6.45) is 30.5. The normalized spacial score (nSPS) is 12.0. The zero-order valence-corrected chi connectivity index (χ0v) is 19.9. The fourth-order valence-corrected chi connectivity index (χ4v) is 2.80. The quantitative estimate of drug-likeness (QED) is 0.231. The summed E-state index contributed by atoms with van der Waals surface area (Å²) >= 11 is 0. The van der Waals surface area contributed by atoms with E-state index in [0.29, 0.717) is 25.2 Å². The van der Waals surface area contributed by atoms with Crippen LogP contribution in [0.4, 0.5) is 0 Å². The number of hydrogen-bond donors (Lipinski definition) is 2. The summed E-state index contributed by atoms with van der Waals surface area (Å²) < 4.78 is 0. The van der Waals surface area contributed by atoms with Crippen LogP contribution in [0.3, 0.4) is 0 Å². The van der Waals surface area contributed by atoms with Crippen LogP contribution in [0.25, 0.3) is 0 Å². The van der Waals surface area contributed by atoms with Gasteiger partial charge >= 0.3 is 0 Å². The molecule has 2 amide bonds. The van der Waals surface area contributed by atoms with Crippen LogP contribution in [0, 0.1) is 0 Å². The molecule has 0 spiro atoms. The van der Waals surface area contributed by atoms with Gasteiger partial charge in [-0.1, -0.05) is 73.8 Å². The molecule has 1 aromatic rings. The van der Waals surface area contributed by atoms with Gasteiger partial charge in [0.25, 0.3) is 5.91 Å². The molecule has 5 nitrogen and oxygen atoms in total. The van der Waals surface area contributed by atoms with E-state index in [1.165, 1.54) is 0 Å². The van der Waals surface area contributed by atoms with E-state index in [9.17, 15) is 9.59 Å². The Morgan fingerprint density at radius 1 is 0.788 bits per heavy atom. The van der Waals surface area contributed by atoms with Gasteiger partial charge in [0.05, 0.1) is 0 Å². The first kappa shape index (κ1) is 27.8. The van der Waals surface area contributed by atoms with E-state index in [4.69, 9.17) is 0 Å². The average molecular weight is 450 g/mol. The van der Waals surface area contributed by atoms with Crippen LogP contribution in [0.15, 0.2) is 85.2 Å². The summed E-state index contributed by atoms with van der Waals surface area (Å²) in [6, 6.07) is 5.18. The smallest absolute Gasteiger partial charge is 0.269 e. The lowest BCUT2D eigenvalue weighted by Gasteiger charge is -2.06. The SMILES string of the molecule is CCC=CCC=CCC=CCC=CCC=CCCCC(=O)NCCNC(=O)c1ccccn1. The van der Waals surface area contributed by atoms with E-state index in [1.807, 2.05) is 0 Å². The first-order valence-electron chi connectivity index (χ1n) is 11.9. The number of aromatic nitrogens is 1. The molecule has 0 aliphatic carbocycles. The van der Waals surface area contributed by atoms with Gasteiger partial charge in [0.15, 0.2) is 0 Å². The molecule has 0 unspecified atom stereocenters. The number of nitrogens with one attached hydrogen (secondary N) is 2. The Kier molecular flexibility index (Phi) is 17.4. The van der Waals surface area contributed by atoms with E-state index in [2.05, 4.69) is 83.3 Å². The Labute approximate surface area is 199 Å². The number of nitrogens with zero attached hydrogens (tertiary/aromatic N) is 1. The molecule has 0 aromatic carbocycles. The Balaban J connectivity index is 1.95. The van der Waals surface area contributed by atoms with Crippen molar-refractivity contribution in [3.63, 3.8) is 0 Å². The van der Waals surface area contributed by atoms with E-state index in [1.54, 1.807) is 24.4 Å². The maximum Gasteiger partial charge on any atom is 0.269 e. The second kappa shape index (κ2) is 20.7. The second-order valence-electron chi connectivity index (χ2n) is 7.42. The highest BCUT2D eigenvalue weighted by Crippen LogP contribution is 1.99. The van der Waals surface area contributed by atoms with Crippen LogP contribution in [0.5, 0.6) is 0 Å². The lowest BCUT2D eigenvalue weighted by molar-refractivity contribution is -0.121. The average Bonchev–Trinajstić information content (AvgIpc) is 2.84. The van der Waals surface area contributed by atoms with E-state index < -0.39 is 0 Å². The molecule has 0 aliphatic rings. The molecule has 33 heavy (non-hydrogen) atoms. The molecule has 1 aromatic heterocycles. The minimum atomic E-state index is -0.233. The lowest BCUT2D eigenvalue weighted by Crippen LogP contribution is -2.34. The van der Waals surface area contributed by atoms with Crippen molar-refractivity contribution in [2.45, 2.75) is 58.3 Å². The van der Waals surface area contributed by atoms with Crippen LogP contribution in [0.1, 0.15) is 68.8 Å². The molecule has 0 fully saturated rings. The van der Waals surface area contributed by atoms with Gasteiger partial charge in [0, 0.05) is 25.7 Å². The molecular formula is C28H39N3O2. The van der Waals surface area contributed by atoms with Crippen molar-refractivity contribution in [3.8, 4) is 0 Å². The molecule has 1 rings (SSSR count). The highest BCUT2D eigenvalue weighted by Gasteiger charge is 2.05. The Hall–Kier alpha value is -3.21. The number of amides is 2. The molecule has 0 aliphatic heterocycles. The fourth-order valence-electron chi connectivity index (χ4n) is 2.80. The number of rotatable bonds is 17. The summed E-state index contributed by atoms with van der Waals surface area (Å²) in [6.45, 7) is 2.95. The predicted molar refractivity (Wildman–Crippen MR) is 138 cm³/mol. The van der Waals surface area contributed by atoms with Crippen LogP contribution in [0.2, 0.25) is 0 Å². The van der Waals surface area contributed by atoms with Gasteiger partial charge in [-0.25, -0.2) is 0 Å². The molecule has 5 heteroatoms. The van der Waals surface area contributed by atoms with Gasteiger partial charge < -0.3 is 10.6 Å². The van der Waals surface area contributed by atoms with Crippen molar-refractivity contribution in [2.24, 2.45) is 0 Å². The van der Waals surface area contributed by atoms with E-state index >= 15 is 0 Å². The number of carbonyl (C=O) groups is 2. The van der Waals surface area contributed by atoms with Crippen molar-refractivity contribution in [1.82, 2.24) is 15.6 Å². The van der Waals surface area contributed by atoms with E-state index in [-0.39, 0.29) is 11.8 Å². The summed E-state index contributed by atoms with van der Waals surface area (Å²) in [5.41, 5.74) is 0.376. The van der Waals surface area contributed by atoms with Crippen LogP contribution >= 0.6 is 0 Å². The maximum absolute atomic E-state index is 11.8. The van der Waals surface area contributed by atoms with Gasteiger partial charge in [0.2, 0.25) is 5.91 Å². The maximum atomic E-state index is 11.8. The third kappa shape index (κ3) is 17.1. The standard InChI is InChI=1S/C28H39N3O2/c1-2-3-4-5-6-7-8-9-10-11-12-13-14-15-16-17-18-22-27(32)30-24-25-31-28(33)26-21-19-20-23-29-26/h3-4,6-7,9-10,12-13,15-16,19-21,23H,2,5,8,11,14,17-18,22,24-25H2,1H3,(H,30,32)(H,31,33). The Morgan fingerprint density at radius 3 is 1.94 bits per heavy atom. The largest absolute Gasteiger partial charge is 0.354 e. The summed E-state index contributed by atoms with van der Waals surface area (Å²) in [5.74, 6) is -0.224. The summed E-state index contributed by atoms with van der Waals surface area (Å²) in [7, 11) is 0.